The van der Waals surface area contributed by atoms with Crippen LogP contribution in [0.25, 0.3) is 10.9 Å². The fourth-order valence-corrected chi connectivity index (χ4v) is 2.39. The number of aryl methyl sites for hydroxylation is 1. The van der Waals surface area contributed by atoms with Gasteiger partial charge in [0.1, 0.15) is 5.82 Å². The zero-order valence-electron chi connectivity index (χ0n) is 12.3. The van der Waals surface area contributed by atoms with Gasteiger partial charge >= 0.3 is 0 Å². The monoisotopic (exact) mass is 287 g/mol. The van der Waals surface area contributed by atoms with Crippen molar-refractivity contribution in [3.8, 4) is 0 Å². The van der Waals surface area contributed by atoms with Gasteiger partial charge in [-0.25, -0.2) is 4.98 Å². The predicted molar refractivity (Wildman–Crippen MR) is 90.3 cm³/mol. The molecule has 0 aliphatic heterocycles. The number of anilines is 1. The van der Waals surface area contributed by atoms with Crippen LogP contribution in [-0.4, -0.2) is 23.1 Å². The molecule has 1 atom stereocenters. The molecular weight excluding hydrogens is 266 g/mol. The Balaban J connectivity index is 2.38. The van der Waals surface area contributed by atoms with E-state index >= 15 is 0 Å². The first-order chi connectivity index (χ1) is 9.52. The van der Waals surface area contributed by atoms with Crippen molar-refractivity contribution in [2.24, 2.45) is 11.7 Å². The third-order valence-electron chi connectivity index (χ3n) is 3.55. The molecule has 0 aliphatic rings. The molecule has 1 heterocycles. The fraction of sp³-hybridized carbons (Fsp3) is 0.375. The van der Waals surface area contributed by atoms with E-state index in [9.17, 15) is 0 Å². The molecule has 0 fully saturated rings. The highest BCUT2D eigenvalue weighted by molar-refractivity contribution is 7.80. The summed E-state index contributed by atoms with van der Waals surface area (Å²) in [6, 6.07) is 10.4. The molecule has 20 heavy (non-hydrogen) atoms. The number of thiocarbonyl (C=S) groups is 1. The molecule has 0 bridgehead atoms. The van der Waals surface area contributed by atoms with E-state index in [0.29, 0.717) is 4.99 Å². The van der Waals surface area contributed by atoms with E-state index in [1.165, 1.54) is 10.9 Å². The highest BCUT2D eigenvalue weighted by Crippen LogP contribution is 2.23. The van der Waals surface area contributed by atoms with Crippen LogP contribution >= 0.6 is 12.2 Å². The number of fused-ring (bicyclic) bond motifs is 1. The maximum Gasteiger partial charge on any atom is 0.132 e. The van der Waals surface area contributed by atoms with Gasteiger partial charge in [-0.1, -0.05) is 37.3 Å². The van der Waals surface area contributed by atoms with Gasteiger partial charge in [-0.3, -0.25) is 0 Å². The van der Waals surface area contributed by atoms with Crippen molar-refractivity contribution in [1.82, 2.24) is 4.98 Å². The van der Waals surface area contributed by atoms with Crippen molar-refractivity contribution in [3.63, 3.8) is 0 Å². The molecule has 1 aromatic heterocycles. The first-order valence-electron chi connectivity index (χ1n) is 6.93. The molecule has 2 rings (SSSR count). The van der Waals surface area contributed by atoms with E-state index < -0.39 is 0 Å². The van der Waals surface area contributed by atoms with Crippen LogP contribution in [-0.2, 0) is 0 Å². The summed E-state index contributed by atoms with van der Waals surface area (Å²) in [4.78, 5) is 7.60. The van der Waals surface area contributed by atoms with Crippen LogP contribution in [0.1, 0.15) is 19.4 Å². The lowest BCUT2D eigenvalue weighted by atomic mass is 10.1. The zero-order valence-corrected chi connectivity index (χ0v) is 13.1. The maximum atomic E-state index is 5.73. The number of rotatable bonds is 5. The Morgan fingerprint density at radius 2 is 2.10 bits per heavy atom. The van der Waals surface area contributed by atoms with Crippen molar-refractivity contribution in [2.75, 3.05) is 18.0 Å². The van der Waals surface area contributed by atoms with Gasteiger partial charge in [0, 0.05) is 24.4 Å². The Morgan fingerprint density at radius 1 is 1.40 bits per heavy atom. The summed E-state index contributed by atoms with van der Waals surface area (Å²) >= 11 is 5.08. The minimum atomic E-state index is 0.178. The van der Waals surface area contributed by atoms with Crippen molar-refractivity contribution in [3.05, 3.63) is 35.9 Å². The SMILES string of the molecule is CCN(CC(C)C(N)=S)c1nc2ccccc2cc1C. The average Bonchev–Trinajstić information content (AvgIpc) is 2.43. The number of nitrogens with zero attached hydrogens (tertiary/aromatic N) is 2. The summed E-state index contributed by atoms with van der Waals surface area (Å²) in [6.45, 7) is 7.98. The molecule has 0 spiro atoms. The third-order valence-corrected chi connectivity index (χ3v) is 3.95. The number of hydrogen-bond donors (Lipinski definition) is 1. The molecule has 4 heteroatoms. The largest absolute Gasteiger partial charge is 0.393 e. The van der Waals surface area contributed by atoms with Gasteiger partial charge in [0.2, 0.25) is 0 Å². The maximum absolute atomic E-state index is 5.73. The molecule has 106 valence electrons. The molecule has 0 amide bonds. The molecule has 0 saturated carbocycles. The van der Waals surface area contributed by atoms with E-state index in [0.717, 1.165) is 24.4 Å². The molecule has 1 aromatic carbocycles. The van der Waals surface area contributed by atoms with Crippen LogP contribution < -0.4 is 10.6 Å². The lowest BCUT2D eigenvalue weighted by Crippen LogP contribution is -2.34. The molecule has 2 N–H and O–H groups in total. The number of benzene rings is 1. The van der Waals surface area contributed by atoms with Crippen LogP contribution in [0.4, 0.5) is 5.82 Å². The molecule has 0 saturated heterocycles. The van der Waals surface area contributed by atoms with Gasteiger partial charge in [-0.15, -0.1) is 0 Å². The summed E-state index contributed by atoms with van der Waals surface area (Å²) in [6.07, 6.45) is 0. The van der Waals surface area contributed by atoms with Crippen molar-refractivity contribution in [1.29, 1.82) is 0 Å². The Kier molecular flexibility index (Phi) is 4.55. The number of para-hydroxylation sites is 1. The van der Waals surface area contributed by atoms with Gasteiger partial charge in [-0.05, 0) is 31.5 Å². The number of nitrogens with two attached hydrogens (primary N) is 1. The van der Waals surface area contributed by atoms with Gasteiger partial charge in [0.15, 0.2) is 0 Å². The molecule has 0 radical (unpaired) electrons. The van der Waals surface area contributed by atoms with Crippen LogP contribution in [0.15, 0.2) is 30.3 Å². The molecule has 1 unspecified atom stereocenters. The molecule has 0 aliphatic carbocycles. The van der Waals surface area contributed by atoms with Crippen molar-refractivity contribution < 1.29 is 0 Å². The molecule has 2 aromatic rings. The van der Waals surface area contributed by atoms with Crippen molar-refractivity contribution >= 4 is 33.9 Å². The van der Waals surface area contributed by atoms with E-state index in [4.69, 9.17) is 22.9 Å². The second-order valence-electron chi connectivity index (χ2n) is 5.16. The van der Waals surface area contributed by atoms with Gasteiger partial charge in [0.05, 0.1) is 10.5 Å². The topological polar surface area (TPSA) is 42.1 Å². The highest BCUT2D eigenvalue weighted by Gasteiger charge is 2.15. The number of hydrogen-bond acceptors (Lipinski definition) is 3. The Morgan fingerprint density at radius 3 is 2.75 bits per heavy atom. The van der Waals surface area contributed by atoms with Gasteiger partial charge in [-0.2, -0.15) is 0 Å². The van der Waals surface area contributed by atoms with E-state index in [1.54, 1.807) is 0 Å². The van der Waals surface area contributed by atoms with Crippen LogP contribution in [0.3, 0.4) is 0 Å². The normalized spacial score (nSPS) is 12.3. The minimum Gasteiger partial charge on any atom is -0.393 e. The lowest BCUT2D eigenvalue weighted by molar-refractivity contribution is 0.699. The quantitative estimate of drug-likeness (QED) is 0.857. The fourth-order valence-electron chi connectivity index (χ4n) is 2.32. The number of pyridine rings is 1. The Labute approximate surface area is 125 Å². The highest BCUT2D eigenvalue weighted by atomic mass is 32.1. The van der Waals surface area contributed by atoms with Crippen molar-refractivity contribution in [2.45, 2.75) is 20.8 Å². The summed E-state index contributed by atoms with van der Waals surface area (Å²) in [5.74, 6) is 1.20. The smallest absolute Gasteiger partial charge is 0.132 e. The third kappa shape index (κ3) is 3.07. The van der Waals surface area contributed by atoms with E-state index in [2.05, 4.69) is 37.8 Å². The summed E-state index contributed by atoms with van der Waals surface area (Å²) in [5.41, 5.74) is 7.93. The van der Waals surface area contributed by atoms with Gasteiger partial charge in [0.25, 0.3) is 0 Å². The Bertz CT molecular complexity index is 624. The van der Waals surface area contributed by atoms with Crippen LogP contribution in [0.2, 0.25) is 0 Å². The van der Waals surface area contributed by atoms with Crippen LogP contribution in [0, 0.1) is 12.8 Å². The molecule has 3 nitrogen and oxygen atoms in total. The average molecular weight is 287 g/mol. The lowest BCUT2D eigenvalue weighted by Gasteiger charge is -2.26. The standard InChI is InChI=1S/C16H21N3S/c1-4-19(10-12(3)15(17)20)16-11(2)9-13-7-5-6-8-14(13)18-16/h5-9,12H,4,10H2,1-3H3,(H2,17,20). The second kappa shape index (κ2) is 6.18. The van der Waals surface area contributed by atoms with Crippen LogP contribution in [0.5, 0.6) is 0 Å². The summed E-state index contributed by atoms with van der Waals surface area (Å²) < 4.78 is 0. The number of aromatic nitrogens is 1. The first-order valence-corrected chi connectivity index (χ1v) is 7.34. The first kappa shape index (κ1) is 14.7. The predicted octanol–water partition coefficient (Wildman–Crippen LogP) is 3.29. The van der Waals surface area contributed by atoms with Gasteiger partial charge < -0.3 is 10.6 Å². The second-order valence-corrected chi connectivity index (χ2v) is 5.64. The van der Waals surface area contributed by atoms with E-state index in [-0.39, 0.29) is 5.92 Å². The summed E-state index contributed by atoms with van der Waals surface area (Å²) in [5, 5.41) is 1.17. The minimum absolute atomic E-state index is 0.178. The molecular formula is C16H21N3S. The zero-order chi connectivity index (χ0) is 14.7. The Hall–Kier alpha value is -1.68. The van der Waals surface area contributed by atoms with E-state index in [1.807, 2.05) is 18.2 Å². The summed E-state index contributed by atoms with van der Waals surface area (Å²) in [7, 11) is 0.